The summed E-state index contributed by atoms with van der Waals surface area (Å²) in [5.41, 5.74) is 1.95. The minimum atomic E-state index is -0.301. The quantitative estimate of drug-likeness (QED) is 0.565. The molecule has 1 aliphatic rings. The van der Waals surface area contributed by atoms with Gasteiger partial charge >= 0.3 is 0 Å². The van der Waals surface area contributed by atoms with Crippen LogP contribution in [0.2, 0.25) is 0 Å². The predicted octanol–water partition coefficient (Wildman–Crippen LogP) is 3.63. The predicted molar refractivity (Wildman–Crippen MR) is 113 cm³/mol. The average molecular weight is 410 g/mol. The smallest absolute Gasteiger partial charge is 0.227 e. The van der Waals surface area contributed by atoms with Gasteiger partial charge in [0.05, 0.1) is 7.11 Å². The number of methoxy groups -OCH3 is 1. The van der Waals surface area contributed by atoms with Crippen LogP contribution in [0.4, 0.5) is 4.39 Å². The van der Waals surface area contributed by atoms with E-state index in [-0.39, 0.29) is 5.82 Å². The Kier molecular flexibility index (Phi) is 6.71. The van der Waals surface area contributed by atoms with E-state index in [0.29, 0.717) is 17.5 Å². The van der Waals surface area contributed by atoms with Crippen LogP contribution < -0.4 is 4.74 Å². The number of aromatic nitrogens is 2. The van der Waals surface area contributed by atoms with E-state index >= 15 is 0 Å². The monoisotopic (exact) mass is 410 g/mol. The number of aryl methyl sites for hydroxylation is 1. The molecular formula is C23H27FN4O2. The lowest BCUT2D eigenvalue weighted by Crippen LogP contribution is -2.46. The fourth-order valence-electron chi connectivity index (χ4n) is 3.75. The highest BCUT2D eigenvalue weighted by molar-refractivity contribution is 5.53. The Morgan fingerprint density at radius 2 is 1.80 bits per heavy atom. The molecule has 2 heterocycles. The van der Waals surface area contributed by atoms with Crippen molar-refractivity contribution in [1.29, 1.82) is 0 Å². The lowest BCUT2D eigenvalue weighted by molar-refractivity contribution is 0.125. The molecule has 0 spiro atoms. The van der Waals surface area contributed by atoms with Crippen LogP contribution in [0.3, 0.4) is 0 Å². The van der Waals surface area contributed by atoms with Gasteiger partial charge in [0.25, 0.3) is 0 Å². The lowest BCUT2D eigenvalue weighted by Gasteiger charge is -2.34. The maximum atomic E-state index is 13.9. The molecule has 3 aromatic rings. The van der Waals surface area contributed by atoms with Crippen molar-refractivity contribution in [2.45, 2.75) is 19.4 Å². The standard InChI is InChI=1S/C23H27FN4O2/c1-29-21-10-9-18(16-20(21)24)17-28-14-12-27(13-15-28)11-5-8-22-25-23(26-30-22)19-6-3-2-4-7-19/h2-4,6-7,9-10,16H,5,8,11-15,17H2,1H3. The second kappa shape index (κ2) is 9.82. The van der Waals surface area contributed by atoms with Crippen molar-refractivity contribution in [1.82, 2.24) is 19.9 Å². The number of halogens is 1. The molecule has 1 aliphatic heterocycles. The van der Waals surface area contributed by atoms with Crippen molar-refractivity contribution < 1.29 is 13.7 Å². The van der Waals surface area contributed by atoms with E-state index in [9.17, 15) is 4.39 Å². The van der Waals surface area contributed by atoms with Gasteiger partial charge in [-0.25, -0.2) is 4.39 Å². The van der Waals surface area contributed by atoms with Gasteiger partial charge in [0.1, 0.15) is 0 Å². The van der Waals surface area contributed by atoms with Crippen molar-refractivity contribution in [3.8, 4) is 17.1 Å². The van der Waals surface area contributed by atoms with Crippen LogP contribution in [0, 0.1) is 5.82 Å². The highest BCUT2D eigenvalue weighted by atomic mass is 19.1. The van der Waals surface area contributed by atoms with Crippen LogP contribution in [-0.2, 0) is 13.0 Å². The average Bonchev–Trinajstić information content (AvgIpc) is 3.25. The maximum Gasteiger partial charge on any atom is 0.227 e. The Hall–Kier alpha value is -2.77. The number of ether oxygens (including phenoxy) is 1. The third-order valence-corrected chi connectivity index (χ3v) is 5.45. The van der Waals surface area contributed by atoms with Crippen molar-refractivity contribution in [3.05, 3.63) is 65.8 Å². The zero-order chi connectivity index (χ0) is 20.8. The molecule has 2 aromatic carbocycles. The number of rotatable bonds is 8. The van der Waals surface area contributed by atoms with E-state index in [1.54, 1.807) is 12.1 Å². The first-order chi connectivity index (χ1) is 14.7. The first-order valence-electron chi connectivity index (χ1n) is 10.4. The van der Waals surface area contributed by atoms with Gasteiger partial charge in [-0.3, -0.25) is 4.90 Å². The van der Waals surface area contributed by atoms with Crippen LogP contribution in [0.1, 0.15) is 17.9 Å². The minimum absolute atomic E-state index is 0.292. The maximum absolute atomic E-state index is 13.9. The van der Waals surface area contributed by atoms with Gasteiger partial charge in [-0.05, 0) is 30.7 Å². The summed E-state index contributed by atoms with van der Waals surface area (Å²) in [6, 6.07) is 15.1. The summed E-state index contributed by atoms with van der Waals surface area (Å²) in [5, 5.41) is 4.08. The summed E-state index contributed by atoms with van der Waals surface area (Å²) < 4.78 is 24.3. The number of benzene rings is 2. The molecule has 1 fully saturated rings. The molecule has 0 N–H and O–H groups in total. The summed E-state index contributed by atoms with van der Waals surface area (Å²) >= 11 is 0. The Labute approximate surface area is 176 Å². The van der Waals surface area contributed by atoms with Gasteiger partial charge in [-0.15, -0.1) is 0 Å². The number of hydrogen-bond acceptors (Lipinski definition) is 6. The van der Waals surface area contributed by atoms with Gasteiger partial charge in [0.2, 0.25) is 11.7 Å². The molecule has 0 saturated carbocycles. The normalized spacial score (nSPS) is 15.4. The lowest BCUT2D eigenvalue weighted by atomic mass is 10.1. The molecule has 0 aliphatic carbocycles. The minimum Gasteiger partial charge on any atom is -0.494 e. The second-order valence-electron chi connectivity index (χ2n) is 7.57. The van der Waals surface area contributed by atoms with E-state index in [0.717, 1.165) is 63.2 Å². The number of hydrogen-bond donors (Lipinski definition) is 0. The summed E-state index contributed by atoms with van der Waals surface area (Å²) in [5.74, 6) is 1.33. The number of nitrogens with zero attached hydrogens (tertiary/aromatic N) is 4. The molecule has 1 saturated heterocycles. The van der Waals surface area contributed by atoms with Crippen molar-refractivity contribution in [2.24, 2.45) is 0 Å². The van der Waals surface area contributed by atoms with E-state index in [4.69, 9.17) is 9.26 Å². The highest BCUT2D eigenvalue weighted by Crippen LogP contribution is 2.19. The topological polar surface area (TPSA) is 54.6 Å². The third-order valence-electron chi connectivity index (χ3n) is 5.45. The SMILES string of the molecule is COc1ccc(CN2CCN(CCCc3nc(-c4ccccc4)no3)CC2)cc1F. The number of piperazine rings is 1. The molecule has 158 valence electrons. The zero-order valence-electron chi connectivity index (χ0n) is 17.3. The van der Waals surface area contributed by atoms with Gasteiger partial charge in [0.15, 0.2) is 11.6 Å². The molecule has 0 bridgehead atoms. The van der Waals surface area contributed by atoms with Crippen LogP contribution >= 0.6 is 0 Å². The fourth-order valence-corrected chi connectivity index (χ4v) is 3.75. The Bertz CT molecular complexity index is 939. The van der Waals surface area contributed by atoms with Gasteiger partial charge in [0, 0.05) is 44.7 Å². The third kappa shape index (κ3) is 5.23. The molecule has 0 amide bonds. The summed E-state index contributed by atoms with van der Waals surface area (Å²) in [6.45, 7) is 5.75. The first-order valence-corrected chi connectivity index (χ1v) is 10.4. The summed E-state index contributed by atoms with van der Waals surface area (Å²) in [4.78, 5) is 9.32. The van der Waals surface area contributed by atoms with E-state index < -0.39 is 0 Å². The Morgan fingerprint density at radius 3 is 2.53 bits per heavy atom. The molecule has 1 aromatic heterocycles. The van der Waals surface area contributed by atoms with E-state index in [2.05, 4.69) is 19.9 Å². The van der Waals surface area contributed by atoms with Crippen LogP contribution in [-0.4, -0.2) is 59.8 Å². The molecule has 0 radical (unpaired) electrons. The molecular weight excluding hydrogens is 383 g/mol. The van der Waals surface area contributed by atoms with Crippen LogP contribution in [0.25, 0.3) is 11.4 Å². The molecule has 0 unspecified atom stereocenters. The second-order valence-corrected chi connectivity index (χ2v) is 7.57. The highest BCUT2D eigenvalue weighted by Gasteiger charge is 2.18. The molecule has 0 atom stereocenters. The zero-order valence-corrected chi connectivity index (χ0v) is 17.3. The summed E-state index contributed by atoms with van der Waals surface area (Å²) in [7, 11) is 1.48. The van der Waals surface area contributed by atoms with E-state index in [1.807, 2.05) is 36.4 Å². The fraction of sp³-hybridized carbons (Fsp3) is 0.391. The van der Waals surface area contributed by atoms with Crippen molar-refractivity contribution in [2.75, 3.05) is 39.8 Å². The Balaban J connectivity index is 1.18. The van der Waals surface area contributed by atoms with Gasteiger partial charge in [-0.2, -0.15) is 4.98 Å². The molecule has 7 heteroatoms. The van der Waals surface area contributed by atoms with Crippen LogP contribution in [0.15, 0.2) is 53.1 Å². The van der Waals surface area contributed by atoms with E-state index in [1.165, 1.54) is 7.11 Å². The van der Waals surface area contributed by atoms with Crippen LogP contribution in [0.5, 0.6) is 5.75 Å². The summed E-state index contributed by atoms with van der Waals surface area (Å²) in [6.07, 6.45) is 1.77. The largest absolute Gasteiger partial charge is 0.494 e. The van der Waals surface area contributed by atoms with Crippen molar-refractivity contribution in [3.63, 3.8) is 0 Å². The molecule has 6 nitrogen and oxygen atoms in total. The first kappa shape index (κ1) is 20.5. The van der Waals surface area contributed by atoms with Gasteiger partial charge in [-0.1, -0.05) is 41.6 Å². The Morgan fingerprint density at radius 1 is 1.03 bits per heavy atom. The van der Waals surface area contributed by atoms with Crippen molar-refractivity contribution >= 4 is 0 Å². The molecule has 30 heavy (non-hydrogen) atoms. The van der Waals surface area contributed by atoms with Gasteiger partial charge < -0.3 is 14.2 Å². The molecule has 4 rings (SSSR count).